The van der Waals surface area contributed by atoms with Gasteiger partial charge < -0.3 is 33.4 Å². The Morgan fingerprint density at radius 1 is 1.00 bits per heavy atom. The van der Waals surface area contributed by atoms with Gasteiger partial charge >= 0.3 is 5.97 Å². The van der Waals surface area contributed by atoms with Gasteiger partial charge in [-0.1, -0.05) is 33.9 Å². The van der Waals surface area contributed by atoms with Crippen LogP contribution < -0.4 is 24.7 Å². The molecule has 0 radical (unpaired) electrons. The Kier molecular flexibility index (Phi) is 8.02. The Morgan fingerprint density at radius 2 is 1.70 bits per heavy atom. The first-order valence-electron chi connectivity index (χ1n) is 16.1. The second-order valence-corrected chi connectivity index (χ2v) is 19.4. The number of methoxy groups -OCH3 is 4. The molecule has 47 heavy (non-hydrogen) atoms. The summed E-state index contributed by atoms with van der Waals surface area (Å²) in [4.78, 5) is 26.5. The molecule has 2 heterocycles. The van der Waals surface area contributed by atoms with Crippen LogP contribution in [-0.2, 0) is 27.3 Å². The van der Waals surface area contributed by atoms with E-state index in [0.29, 0.717) is 59.2 Å². The molecule has 0 fully saturated rings. The first-order valence-corrected chi connectivity index (χ1v) is 19.1. The Morgan fingerprint density at radius 3 is 2.30 bits per heavy atom. The van der Waals surface area contributed by atoms with Crippen LogP contribution in [0.25, 0.3) is 27.9 Å². The molecule has 0 unspecified atom stereocenters. The molecule has 0 spiro atoms. The summed E-state index contributed by atoms with van der Waals surface area (Å²) in [7, 11) is 4.20. The van der Waals surface area contributed by atoms with E-state index in [0.717, 1.165) is 49.5 Å². The highest BCUT2D eigenvalue weighted by atomic mass is 28.3. The van der Waals surface area contributed by atoms with Crippen LogP contribution in [0, 0.1) is 6.92 Å². The number of esters is 1. The molecule has 3 aromatic rings. The van der Waals surface area contributed by atoms with Gasteiger partial charge in [0.2, 0.25) is 11.7 Å². The number of cyclic esters (lactones) is 1. The topological polar surface area (TPSA) is 105 Å². The monoisotopic (exact) mass is 659 g/mol. The van der Waals surface area contributed by atoms with Crippen molar-refractivity contribution in [2.75, 3.05) is 28.4 Å². The van der Waals surface area contributed by atoms with Crippen LogP contribution in [0.1, 0.15) is 84.5 Å². The summed E-state index contributed by atoms with van der Waals surface area (Å²) in [5, 5.41) is 5.11. The molecule has 1 atom stereocenters. The molecule has 6 rings (SSSR count). The molecular formula is C37H45NO8Si. The lowest BCUT2D eigenvalue weighted by atomic mass is 9.86. The van der Waals surface area contributed by atoms with Crippen LogP contribution in [-0.4, -0.2) is 54.4 Å². The van der Waals surface area contributed by atoms with Gasteiger partial charge in [-0.15, -0.1) is 0 Å². The van der Waals surface area contributed by atoms with Crippen molar-refractivity contribution < 1.29 is 37.7 Å². The van der Waals surface area contributed by atoms with Crippen LogP contribution in [0.4, 0.5) is 0 Å². The number of amides is 1. The summed E-state index contributed by atoms with van der Waals surface area (Å²) in [6, 6.07) is 1.62. The number of furan rings is 1. The molecule has 0 saturated carbocycles. The van der Waals surface area contributed by atoms with E-state index < -0.39 is 8.07 Å². The number of ether oxygens (including phenoxy) is 5. The van der Waals surface area contributed by atoms with E-state index in [2.05, 4.69) is 46.1 Å². The van der Waals surface area contributed by atoms with Crippen LogP contribution in [0.2, 0.25) is 18.1 Å². The van der Waals surface area contributed by atoms with Crippen LogP contribution in [0.15, 0.2) is 16.6 Å². The van der Waals surface area contributed by atoms with Crippen molar-refractivity contribution in [1.82, 2.24) is 5.32 Å². The summed E-state index contributed by atoms with van der Waals surface area (Å²) < 4.78 is 36.4. The third kappa shape index (κ3) is 4.78. The normalized spacial score (nSPS) is 17.5. The first-order chi connectivity index (χ1) is 22.2. The minimum Gasteiger partial charge on any atom is -0.493 e. The Hall–Kier alpha value is -4.18. The SMILES string of the molecule is COC1=CCC2=C(c3c1oc1c(C)c([Si](C)(C)C(C)(C)C)c4c(c31)COC4=O)[C@@H](NC(C)=O)CCc1cc(OC)c(OC)c(OC)c12. The van der Waals surface area contributed by atoms with Gasteiger partial charge in [0, 0.05) is 29.0 Å². The average molecular weight is 660 g/mol. The number of aryl methyl sites for hydroxylation is 2. The standard InChI is InChI=1S/C37H45NO8Si/c1-18-31-28(22-17-45-36(40)29(22)35(18)47(10,11)37(3,4)5)30-27-21(13-15-24(41-6)32(30)46-31)26-20(12-14-23(27)38-19(2)39)16-25(42-7)33(43-8)34(26)44-9/h15-16,23H,12-14,17H2,1-11H3,(H,38,39)/t23-/m0/s1. The fourth-order valence-corrected chi connectivity index (χ4v) is 10.3. The summed E-state index contributed by atoms with van der Waals surface area (Å²) in [5.41, 5.74) is 7.73. The van der Waals surface area contributed by atoms with Crippen molar-refractivity contribution in [1.29, 1.82) is 0 Å². The molecule has 10 heteroatoms. The maximum absolute atomic E-state index is 13.7. The zero-order chi connectivity index (χ0) is 34.2. The number of nitrogens with one attached hydrogen (secondary N) is 1. The maximum Gasteiger partial charge on any atom is 0.338 e. The molecule has 2 aromatic carbocycles. The molecule has 1 aliphatic heterocycles. The van der Waals surface area contributed by atoms with Crippen LogP contribution >= 0.6 is 0 Å². The largest absolute Gasteiger partial charge is 0.493 e. The third-order valence-electron chi connectivity index (χ3n) is 10.7. The number of carbonyl (C=O) groups excluding carboxylic acids is 2. The van der Waals surface area contributed by atoms with Crippen molar-refractivity contribution in [2.24, 2.45) is 0 Å². The van der Waals surface area contributed by atoms with Crippen molar-refractivity contribution in [3.05, 3.63) is 51.3 Å². The van der Waals surface area contributed by atoms with E-state index in [1.165, 1.54) is 6.92 Å². The summed E-state index contributed by atoms with van der Waals surface area (Å²) in [6.45, 7) is 15.1. The second kappa shape index (κ2) is 11.5. The highest BCUT2D eigenvalue weighted by molar-refractivity contribution is 6.93. The molecule has 1 aromatic heterocycles. The number of benzene rings is 2. The molecule has 3 aliphatic rings. The van der Waals surface area contributed by atoms with E-state index >= 15 is 0 Å². The van der Waals surface area contributed by atoms with Crippen molar-refractivity contribution in [3.63, 3.8) is 0 Å². The number of hydrogen-bond acceptors (Lipinski definition) is 8. The lowest BCUT2D eigenvalue weighted by Gasteiger charge is -2.39. The van der Waals surface area contributed by atoms with Gasteiger partial charge in [-0.2, -0.15) is 0 Å². The molecule has 0 saturated heterocycles. The smallest absolute Gasteiger partial charge is 0.338 e. The quantitative estimate of drug-likeness (QED) is 0.225. The molecule has 1 amide bonds. The number of hydrogen-bond donors (Lipinski definition) is 1. The average Bonchev–Trinajstić information content (AvgIpc) is 3.49. The van der Waals surface area contributed by atoms with Crippen molar-refractivity contribution in [2.45, 2.75) is 84.7 Å². The van der Waals surface area contributed by atoms with Gasteiger partial charge in [-0.05, 0) is 70.8 Å². The molecule has 0 bridgehead atoms. The maximum atomic E-state index is 13.7. The van der Waals surface area contributed by atoms with Gasteiger partial charge in [0.1, 0.15) is 12.2 Å². The number of carbonyl (C=O) groups is 2. The van der Waals surface area contributed by atoms with E-state index in [1.807, 2.05) is 12.1 Å². The van der Waals surface area contributed by atoms with Gasteiger partial charge in [0.25, 0.3) is 0 Å². The van der Waals surface area contributed by atoms with Gasteiger partial charge in [-0.25, -0.2) is 4.79 Å². The Bertz CT molecular complexity index is 1910. The first kappa shape index (κ1) is 32.7. The lowest BCUT2D eigenvalue weighted by molar-refractivity contribution is -0.119. The highest BCUT2D eigenvalue weighted by Crippen LogP contribution is 2.54. The van der Waals surface area contributed by atoms with Gasteiger partial charge in [0.15, 0.2) is 23.0 Å². The third-order valence-corrected chi connectivity index (χ3v) is 16.3. The Balaban J connectivity index is 1.82. The van der Waals surface area contributed by atoms with E-state index in [1.54, 1.807) is 28.4 Å². The van der Waals surface area contributed by atoms with Crippen LogP contribution in [0.3, 0.4) is 0 Å². The summed E-state index contributed by atoms with van der Waals surface area (Å²) in [6.07, 6.45) is 3.74. The minimum atomic E-state index is -2.27. The van der Waals surface area contributed by atoms with Crippen molar-refractivity contribution in [3.8, 4) is 17.2 Å². The number of fused-ring (bicyclic) bond motifs is 8. The summed E-state index contributed by atoms with van der Waals surface area (Å²) in [5.74, 6) is 2.33. The second-order valence-electron chi connectivity index (χ2n) is 14.2. The van der Waals surface area contributed by atoms with Gasteiger partial charge in [-0.3, -0.25) is 4.79 Å². The summed E-state index contributed by atoms with van der Waals surface area (Å²) >= 11 is 0. The lowest BCUT2D eigenvalue weighted by Crippen LogP contribution is -2.52. The van der Waals surface area contributed by atoms with E-state index in [-0.39, 0.29) is 29.6 Å². The van der Waals surface area contributed by atoms with E-state index in [4.69, 9.17) is 28.1 Å². The highest BCUT2D eigenvalue weighted by Gasteiger charge is 2.46. The zero-order valence-electron chi connectivity index (χ0n) is 29.3. The minimum absolute atomic E-state index is 0.0444. The molecule has 250 valence electrons. The Labute approximate surface area is 277 Å². The van der Waals surface area contributed by atoms with Crippen LogP contribution in [0.5, 0.6) is 17.2 Å². The molecule has 2 aliphatic carbocycles. The predicted molar refractivity (Wildman–Crippen MR) is 185 cm³/mol. The van der Waals surface area contributed by atoms with E-state index in [9.17, 15) is 9.59 Å². The predicted octanol–water partition coefficient (Wildman–Crippen LogP) is 6.91. The number of rotatable bonds is 6. The zero-order valence-corrected chi connectivity index (χ0v) is 30.3. The van der Waals surface area contributed by atoms with Gasteiger partial charge in [0.05, 0.1) is 48.1 Å². The molecule has 1 N–H and O–H groups in total. The molecular weight excluding hydrogens is 614 g/mol. The number of allylic oxidation sites excluding steroid dienone is 2. The fourth-order valence-electron chi connectivity index (χ4n) is 7.64. The van der Waals surface area contributed by atoms with Crippen molar-refractivity contribution >= 4 is 53.0 Å². The molecule has 9 nitrogen and oxygen atoms in total. The fraction of sp³-hybridized carbons (Fsp3) is 0.459.